The highest BCUT2D eigenvalue weighted by molar-refractivity contribution is 6.13. The van der Waals surface area contributed by atoms with Crippen LogP contribution in [0, 0.1) is 11.3 Å². The van der Waals surface area contributed by atoms with E-state index in [1.165, 1.54) is 24.3 Å². The monoisotopic (exact) mass is 296 g/mol. The zero-order valence-corrected chi connectivity index (χ0v) is 11.1. The highest BCUT2D eigenvalue weighted by Crippen LogP contribution is 2.42. The molecule has 0 aromatic heterocycles. The van der Waals surface area contributed by atoms with Crippen molar-refractivity contribution in [3.63, 3.8) is 0 Å². The van der Waals surface area contributed by atoms with Crippen molar-refractivity contribution in [2.24, 2.45) is 0 Å². The van der Waals surface area contributed by atoms with Crippen molar-refractivity contribution >= 4 is 11.8 Å². The third-order valence-corrected chi connectivity index (χ3v) is 3.50. The second kappa shape index (κ2) is 4.88. The number of nitrogens with zero attached hydrogens (tertiary/aromatic N) is 2. The number of hydrogen-bond donors (Lipinski definition) is 0. The number of halogens is 3. The van der Waals surface area contributed by atoms with Crippen molar-refractivity contribution in [1.29, 1.82) is 5.26 Å². The van der Waals surface area contributed by atoms with Crippen LogP contribution in [0.15, 0.2) is 24.3 Å². The summed E-state index contributed by atoms with van der Waals surface area (Å²) in [6.45, 7) is 0.581. The van der Waals surface area contributed by atoms with Gasteiger partial charge in [-0.05, 0) is 18.6 Å². The van der Waals surface area contributed by atoms with Crippen LogP contribution in [0.3, 0.4) is 0 Å². The molecule has 0 saturated heterocycles. The molecule has 0 aliphatic carbocycles. The number of fused-ring (bicyclic) bond motifs is 1. The van der Waals surface area contributed by atoms with Crippen LogP contribution in [0.2, 0.25) is 0 Å². The van der Waals surface area contributed by atoms with Crippen LogP contribution in [-0.4, -0.2) is 29.4 Å². The lowest BCUT2D eigenvalue weighted by Crippen LogP contribution is -2.54. The minimum atomic E-state index is -4.57. The van der Waals surface area contributed by atoms with E-state index >= 15 is 0 Å². The zero-order valence-electron chi connectivity index (χ0n) is 11.1. The summed E-state index contributed by atoms with van der Waals surface area (Å²) in [5, 5.41) is 8.69. The first-order chi connectivity index (χ1) is 9.70. The first kappa shape index (κ1) is 15.0. The molecule has 0 saturated carbocycles. The summed E-state index contributed by atoms with van der Waals surface area (Å²) < 4.78 is 38.5. The van der Waals surface area contributed by atoms with Crippen LogP contribution in [0.5, 0.6) is 0 Å². The van der Waals surface area contributed by atoms with Crippen molar-refractivity contribution in [3.8, 4) is 6.07 Å². The average molecular weight is 296 g/mol. The minimum absolute atomic E-state index is 0.0269. The second-order valence-corrected chi connectivity index (χ2v) is 5.02. The van der Waals surface area contributed by atoms with Crippen LogP contribution in [-0.2, 0) is 10.2 Å². The fourth-order valence-corrected chi connectivity index (χ4v) is 2.59. The molecule has 0 fully saturated rings. The largest absolute Gasteiger partial charge is 0.390 e. The fraction of sp³-hybridized carbons (Fsp3) is 0.357. The van der Waals surface area contributed by atoms with E-state index in [0.29, 0.717) is 4.90 Å². The summed E-state index contributed by atoms with van der Waals surface area (Å²) in [4.78, 5) is 25.1. The van der Waals surface area contributed by atoms with E-state index in [4.69, 9.17) is 5.26 Å². The van der Waals surface area contributed by atoms with E-state index in [0.717, 1.165) is 6.92 Å². The topological polar surface area (TPSA) is 61.2 Å². The van der Waals surface area contributed by atoms with Gasteiger partial charge in [0.2, 0.25) is 5.91 Å². The summed E-state index contributed by atoms with van der Waals surface area (Å²) in [7, 11) is 0. The SMILES string of the molecule is CC1(CC(F)(F)F)C(=O)N(CC#N)C(=O)c2ccccc21. The molecular formula is C14H11F3N2O2. The number of carbonyl (C=O) groups is 2. The Labute approximate surface area is 118 Å². The van der Waals surface area contributed by atoms with Crippen molar-refractivity contribution in [2.75, 3.05) is 6.54 Å². The van der Waals surface area contributed by atoms with Crippen LogP contribution >= 0.6 is 0 Å². The predicted molar refractivity (Wildman–Crippen MR) is 66.1 cm³/mol. The van der Waals surface area contributed by atoms with Crippen molar-refractivity contribution in [1.82, 2.24) is 4.90 Å². The number of carbonyl (C=O) groups excluding carboxylic acids is 2. The Kier molecular flexibility index (Phi) is 3.49. The molecule has 21 heavy (non-hydrogen) atoms. The third kappa shape index (κ3) is 2.49. The highest BCUT2D eigenvalue weighted by Gasteiger charge is 2.52. The molecule has 7 heteroatoms. The van der Waals surface area contributed by atoms with Gasteiger partial charge in [0.05, 0.1) is 17.9 Å². The van der Waals surface area contributed by atoms with Gasteiger partial charge < -0.3 is 0 Å². The van der Waals surface area contributed by atoms with E-state index in [9.17, 15) is 22.8 Å². The molecule has 1 aliphatic rings. The second-order valence-electron chi connectivity index (χ2n) is 5.02. The van der Waals surface area contributed by atoms with Crippen molar-refractivity contribution in [2.45, 2.75) is 24.9 Å². The lowest BCUT2D eigenvalue weighted by atomic mass is 9.73. The molecule has 2 amide bonds. The highest BCUT2D eigenvalue weighted by atomic mass is 19.4. The van der Waals surface area contributed by atoms with Gasteiger partial charge in [-0.2, -0.15) is 18.4 Å². The summed E-state index contributed by atoms with van der Waals surface area (Å²) >= 11 is 0. The number of hydrogen-bond acceptors (Lipinski definition) is 3. The van der Waals surface area contributed by atoms with Gasteiger partial charge in [-0.25, -0.2) is 0 Å². The van der Waals surface area contributed by atoms with Gasteiger partial charge in [0.15, 0.2) is 0 Å². The number of alkyl halides is 3. The van der Waals surface area contributed by atoms with E-state index < -0.39 is 36.4 Å². The summed E-state index contributed by atoms with van der Waals surface area (Å²) in [5.74, 6) is -1.73. The molecule has 2 rings (SSSR count). The molecule has 110 valence electrons. The Hall–Kier alpha value is -2.36. The van der Waals surface area contributed by atoms with E-state index in [1.807, 2.05) is 0 Å². The maximum absolute atomic E-state index is 12.8. The van der Waals surface area contributed by atoms with Gasteiger partial charge in [0.25, 0.3) is 5.91 Å². The van der Waals surface area contributed by atoms with Gasteiger partial charge in [-0.1, -0.05) is 18.2 Å². The molecule has 4 nitrogen and oxygen atoms in total. The number of imide groups is 1. The van der Waals surface area contributed by atoms with Crippen LogP contribution < -0.4 is 0 Å². The first-order valence-corrected chi connectivity index (χ1v) is 6.10. The Bertz CT molecular complexity index is 648. The fourth-order valence-electron chi connectivity index (χ4n) is 2.59. The van der Waals surface area contributed by atoms with Crippen LogP contribution in [0.4, 0.5) is 13.2 Å². The quantitative estimate of drug-likeness (QED) is 0.622. The molecule has 1 unspecified atom stereocenters. The van der Waals surface area contributed by atoms with Crippen molar-refractivity contribution in [3.05, 3.63) is 35.4 Å². The molecule has 1 aromatic rings. The Morgan fingerprint density at radius 3 is 2.48 bits per heavy atom. The predicted octanol–water partition coefficient (Wildman–Crippen LogP) is 2.40. The van der Waals surface area contributed by atoms with Crippen LogP contribution in [0.25, 0.3) is 0 Å². The van der Waals surface area contributed by atoms with Crippen molar-refractivity contribution < 1.29 is 22.8 Å². The normalized spacial score (nSPS) is 22.0. The van der Waals surface area contributed by atoms with Gasteiger partial charge >= 0.3 is 6.18 Å². The van der Waals surface area contributed by atoms with E-state index in [1.54, 1.807) is 6.07 Å². The summed E-state index contributed by atoms with van der Waals surface area (Å²) in [5.41, 5.74) is -1.83. The third-order valence-electron chi connectivity index (χ3n) is 3.50. The molecule has 1 aromatic carbocycles. The lowest BCUT2D eigenvalue weighted by Gasteiger charge is -2.39. The molecule has 0 spiro atoms. The van der Waals surface area contributed by atoms with Gasteiger partial charge in [0.1, 0.15) is 6.54 Å². The lowest BCUT2D eigenvalue weighted by molar-refractivity contribution is -0.161. The van der Waals surface area contributed by atoms with Crippen LogP contribution in [0.1, 0.15) is 29.3 Å². The molecule has 0 bridgehead atoms. The molecule has 0 radical (unpaired) electrons. The standard InChI is InChI=1S/C14H11F3N2O2/c1-13(8-14(15,16)17)10-5-3-2-4-9(10)11(20)19(7-6-18)12(13)21/h2-5H,7-8H2,1H3. The smallest absolute Gasteiger partial charge is 0.273 e. The zero-order chi connectivity index (χ0) is 15.8. The van der Waals surface area contributed by atoms with Gasteiger partial charge in [0, 0.05) is 5.56 Å². The molecular weight excluding hydrogens is 285 g/mol. The number of amides is 2. The number of benzene rings is 1. The summed E-state index contributed by atoms with van der Waals surface area (Å²) in [6, 6.07) is 7.33. The van der Waals surface area contributed by atoms with E-state index in [2.05, 4.69) is 0 Å². The molecule has 1 heterocycles. The average Bonchev–Trinajstić information content (AvgIpc) is 2.40. The maximum Gasteiger partial charge on any atom is 0.390 e. The molecule has 1 aliphatic heterocycles. The number of nitriles is 1. The van der Waals surface area contributed by atoms with E-state index in [-0.39, 0.29) is 11.1 Å². The minimum Gasteiger partial charge on any atom is -0.273 e. The van der Waals surface area contributed by atoms with Gasteiger partial charge in [-0.3, -0.25) is 14.5 Å². The molecule has 0 N–H and O–H groups in total. The number of rotatable bonds is 2. The maximum atomic E-state index is 12.8. The van der Waals surface area contributed by atoms with Gasteiger partial charge in [-0.15, -0.1) is 0 Å². The Morgan fingerprint density at radius 2 is 1.90 bits per heavy atom. The Morgan fingerprint density at radius 1 is 1.29 bits per heavy atom. The molecule has 1 atom stereocenters. The summed E-state index contributed by atoms with van der Waals surface area (Å²) in [6.07, 6.45) is -5.96. The Balaban J connectivity index is 2.63. The first-order valence-electron chi connectivity index (χ1n) is 6.10.